The molecule has 138 valence electrons. The van der Waals surface area contributed by atoms with E-state index in [1.54, 1.807) is 11.0 Å². The van der Waals surface area contributed by atoms with Gasteiger partial charge in [0.25, 0.3) is 0 Å². The summed E-state index contributed by atoms with van der Waals surface area (Å²) in [7, 11) is -3.09. The third kappa shape index (κ3) is 4.48. The monoisotopic (exact) mass is 372 g/mol. The predicted octanol–water partition coefficient (Wildman–Crippen LogP) is 2.43. The van der Waals surface area contributed by atoms with Crippen LogP contribution in [0.15, 0.2) is 18.2 Å². The number of rotatable bonds is 5. The molecular formula is C17H22F2N2O3S. The van der Waals surface area contributed by atoms with Gasteiger partial charge < -0.3 is 10.2 Å². The molecule has 1 atom stereocenters. The van der Waals surface area contributed by atoms with Crippen LogP contribution in [0.5, 0.6) is 0 Å². The molecule has 2 amide bonds. The molecule has 1 heterocycles. The molecule has 1 aliphatic heterocycles. The number of halogens is 2. The lowest BCUT2D eigenvalue weighted by molar-refractivity contribution is 0.180. The zero-order valence-electron chi connectivity index (χ0n) is 13.9. The molecule has 5 nitrogen and oxygen atoms in total. The molecule has 2 fully saturated rings. The van der Waals surface area contributed by atoms with E-state index in [0.717, 1.165) is 31.7 Å². The van der Waals surface area contributed by atoms with Gasteiger partial charge in [-0.05, 0) is 43.4 Å². The molecule has 1 aromatic rings. The predicted molar refractivity (Wildman–Crippen MR) is 90.1 cm³/mol. The van der Waals surface area contributed by atoms with Crippen LogP contribution in [0.25, 0.3) is 0 Å². The second-order valence-electron chi connectivity index (χ2n) is 6.76. The molecule has 8 heteroatoms. The lowest BCUT2D eigenvalue weighted by Crippen LogP contribution is -2.46. The van der Waals surface area contributed by atoms with Crippen molar-refractivity contribution in [1.82, 2.24) is 10.2 Å². The fourth-order valence-electron chi connectivity index (χ4n) is 3.21. The van der Waals surface area contributed by atoms with E-state index in [1.807, 2.05) is 0 Å². The van der Waals surface area contributed by atoms with Crippen LogP contribution >= 0.6 is 0 Å². The van der Waals surface area contributed by atoms with Gasteiger partial charge in [-0.15, -0.1) is 0 Å². The van der Waals surface area contributed by atoms with Gasteiger partial charge in [0, 0.05) is 25.6 Å². The first-order valence-corrected chi connectivity index (χ1v) is 10.3. The van der Waals surface area contributed by atoms with Crippen molar-refractivity contribution in [3.63, 3.8) is 0 Å². The fourth-order valence-corrected chi connectivity index (χ4v) is 4.78. The van der Waals surface area contributed by atoms with E-state index < -0.39 is 21.5 Å². The smallest absolute Gasteiger partial charge is 0.317 e. The fraction of sp³-hybridized carbons (Fsp3) is 0.588. The summed E-state index contributed by atoms with van der Waals surface area (Å²) in [5.41, 5.74) is 0.674. The normalized spacial score (nSPS) is 21.2. The van der Waals surface area contributed by atoms with Crippen molar-refractivity contribution in [2.24, 2.45) is 0 Å². The molecule has 1 saturated heterocycles. The summed E-state index contributed by atoms with van der Waals surface area (Å²) >= 11 is 0. The maximum atomic E-state index is 13.4. The number of likely N-dealkylation sites (tertiary alicyclic amines) is 1. The molecule has 3 rings (SSSR count). The number of benzene rings is 1. The highest BCUT2D eigenvalue weighted by Gasteiger charge is 2.35. The van der Waals surface area contributed by atoms with E-state index in [4.69, 9.17) is 0 Å². The van der Waals surface area contributed by atoms with Gasteiger partial charge in [0.1, 0.15) is 0 Å². The summed E-state index contributed by atoms with van der Waals surface area (Å²) in [6.45, 7) is 1.08. The summed E-state index contributed by atoms with van der Waals surface area (Å²) in [4.78, 5) is 13.9. The quantitative estimate of drug-likeness (QED) is 0.863. The number of carbonyl (C=O) groups excluding carboxylic acids is 1. The number of amides is 2. The van der Waals surface area contributed by atoms with Gasteiger partial charge in [-0.25, -0.2) is 22.0 Å². The number of carbonyl (C=O) groups is 1. The number of hydrogen-bond donors (Lipinski definition) is 1. The molecule has 0 spiro atoms. The van der Waals surface area contributed by atoms with Gasteiger partial charge in [0.05, 0.1) is 11.0 Å². The minimum absolute atomic E-state index is 0.0378. The minimum atomic E-state index is -3.09. The largest absolute Gasteiger partial charge is 0.337 e. The molecule has 0 bridgehead atoms. The second kappa shape index (κ2) is 7.27. The zero-order valence-corrected chi connectivity index (χ0v) is 14.7. The summed E-state index contributed by atoms with van der Waals surface area (Å²) in [6.07, 6.45) is 3.00. The first kappa shape index (κ1) is 18.1. The number of hydrogen-bond acceptors (Lipinski definition) is 3. The molecular weight excluding hydrogens is 350 g/mol. The van der Waals surface area contributed by atoms with Gasteiger partial charge in [-0.2, -0.15) is 0 Å². The standard InChI is InChI=1S/C17H22F2N2O3S/c18-15-6-3-12(10-16(15)19)13-2-1-8-21(11-13)17(22)20-7-9-25(23,24)14-4-5-14/h3,6,10,13-14H,1-2,4-5,7-9,11H2,(H,20,22). The van der Waals surface area contributed by atoms with Crippen LogP contribution in [0.4, 0.5) is 13.6 Å². The Hall–Kier alpha value is -1.70. The first-order chi connectivity index (χ1) is 11.9. The van der Waals surface area contributed by atoms with Crippen molar-refractivity contribution in [3.05, 3.63) is 35.4 Å². The molecule has 1 aromatic carbocycles. The minimum Gasteiger partial charge on any atom is -0.337 e. The lowest BCUT2D eigenvalue weighted by Gasteiger charge is -2.33. The van der Waals surface area contributed by atoms with E-state index in [0.29, 0.717) is 18.7 Å². The second-order valence-corrected chi connectivity index (χ2v) is 9.16. The third-order valence-corrected chi connectivity index (χ3v) is 7.08. The highest BCUT2D eigenvalue weighted by Crippen LogP contribution is 2.29. The topological polar surface area (TPSA) is 66.5 Å². The van der Waals surface area contributed by atoms with E-state index in [2.05, 4.69) is 5.32 Å². The van der Waals surface area contributed by atoms with Crippen LogP contribution in [-0.2, 0) is 9.84 Å². The summed E-state index contributed by atoms with van der Waals surface area (Å²) in [5.74, 6) is -1.86. The Morgan fingerprint density at radius 3 is 2.64 bits per heavy atom. The summed E-state index contributed by atoms with van der Waals surface area (Å²) < 4.78 is 50.1. The number of nitrogens with one attached hydrogen (secondary N) is 1. The van der Waals surface area contributed by atoms with Crippen molar-refractivity contribution in [2.75, 3.05) is 25.4 Å². The Morgan fingerprint density at radius 1 is 1.20 bits per heavy atom. The molecule has 25 heavy (non-hydrogen) atoms. The molecule has 0 aromatic heterocycles. The maximum Gasteiger partial charge on any atom is 0.317 e. The Kier molecular flexibility index (Phi) is 5.27. The number of sulfone groups is 1. The molecule has 1 aliphatic carbocycles. The average molecular weight is 372 g/mol. The van der Waals surface area contributed by atoms with Crippen LogP contribution < -0.4 is 5.32 Å². The Balaban J connectivity index is 1.53. The van der Waals surface area contributed by atoms with Gasteiger partial charge in [-0.1, -0.05) is 6.07 Å². The van der Waals surface area contributed by atoms with E-state index in [-0.39, 0.29) is 29.5 Å². The SMILES string of the molecule is O=C(NCCS(=O)(=O)C1CC1)N1CCCC(c2ccc(F)c(F)c2)C1. The molecule has 1 N–H and O–H groups in total. The van der Waals surface area contributed by atoms with Crippen LogP contribution in [-0.4, -0.2) is 50.0 Å². The van der Waals surface area contributed by atoms with Crippen LogP contribution in [0.1, 0.15) is 37.2 Å². The molecule has 1 unspecified atom stereocenters. The zero-order chi connectivity index (χ0) is 18.0. The lowest BCUT2D eigenvalue weighted by atomic mass is 9.90. The van der Waals surface area contributed by atoms with Gasteiger partial charge in [0.2, 0.25) is 0 Å². The van der Waals surface area contributed by atoms with Crippen LogP contribution in [0.3, 0.4) is 0 Å². The first-order valence-electron chi connectivity index (χ1n) is 8.56. The van der Waals surface area contributed by atoms with Crippen LogP contribution in [0.2, 0.25) is 0 Å². The Labute approximate surface area is 146 Å². The summed E-state index contributed by atoms with van der Waals surface area (Å²) in [6, 6.07) is 3.53. The van der Waals surface area contributed by atoms with Gasteiger partial charge >= 0.3 is 6.03 Å². The number of urea groups is 1. The molecule has 2 aliphatic rings. The van der Waals surface area contributed by atoms with Gasteiger partial charge in [0.15, 0.2) is 21.5 Å². The average Bonchev–Trinajstić information content (AvgIpc) is 3.43. The number of nitrogens with zero attached hydrogens (tertiary/aromatic N) is 1. The van der Waals surface area contributed by atoms with E-state index in [1.165, 1.54) is 6.07 Å². The van der Waals surface area contributed by atoms with E-state index in [9.17, 15) is 22.0 Å². The maximum absolute atomic E-state index is 13.4. The highest BCUT2D eigenvalue weighted by molar-refractivity contribution is 7.92. The van der Waals surface area contributed by atoms with Crippen molar-refractivity contribution in [3.8, 4) is 0 Å². The van der Waals surface area contributed by atoms with Crippen molar-refractivity contribution in [2.45, 2.75) is 36.9 Å². The molecule has 1 saturated carbocycles. The van der Waals surface area contributed by atoms with Crippen molar-refractivity contribution < 1.29 is 22.0 Å². The highest BCUT2D eigenvalue weighted by atomic mass is 32.2. The summed E-state index contributed by atoms with van der Waals surface area (Å²) in [5, 5.41) is 2.43. The Morgan fingerprint density at radius 2 is 1.96 bits per heavy atom. The number of piperidine rings is 1. The Bertz CT molecular complexity index is 750. The third-order valence-electron chi connectivity index (χ3n) is 4.82. The van der Waals surface area contributed by atoms with Gasteiger partial charge in [-0.3, -0.25) is 0 Å². The molecule has 0 radical (unpaired) electrons. The van der Waals surface area contributed by atoms with Crippen molar-refractivity contribution in [1.29, 1.82) is 0 Å². The van der Waals surface area contributed by atoms with Crippen molar-refractivity contribution >= 4 is 15.9 Å². The van der Waals surface area contributed by atoms with E-state index >= 15 is 0 Å². The van der Waals surface area contributed by atoms with Crippen LogP contribution in [0, 0.1) is 11.6 Å².